The van der Waals surface area contributed by atoms with Crippen LogP contribution in [-0.4, -0.2) is 16.2 Å². The second-order valence-corrected chi connectivity index (χ2v) is 9.38. The van der Waals surface area contributed by atoms with E-state index in [1.165, 1.54) is 16.0 Å². The third-order valence-electron chi connectivity index (χ3n) is 5.81. The molecular weight excluding hydrogens is 436 g/mol. The topological polar surface area (TPSA) is 27.1 Å². The Labute approximate surface area is 205 Å². The first kappa shape index (κ1) is 22.3. The lowest BCUT2D eigenvalue weighted by Gasteiger charge is -2.19. The van der Waals surface area contributed by atoms with E-state index in [2.05, 4.69) is 89.5 Å². The molecule has 1 atom stereocenters. The van der Waals surface area contributed by atoms with Crippen LogP contribution in [0, 0.1) is 0 Å². The summed E-state index contributed by atoms with van der Waals surface area (Å²) in [4.78, 5) is 6.38. The Hall–Kier alpha value is -3.50. The van der Waals surface area contributed by atoms with Gasteiger partial charge in [0.25, 0.3) is 0 Å². The molecule has 5 aromatic rings. The normalized spacial score (nSPS) is 12.0. The highest BCUT2D eigenvalue weighted by atomic mass is 32.2. The van der Waals surface area contributed by atoms with Gasteiger partial charge in [-0.2, -0.15) is 0 Å². The van der Waals surface area contributed by atoms with Crippen molar-refractivity contribution in [3.05, 3.63) is 127 Å². The third kappa shape index (κ3) is 5.35. The maximum atomic E-state index is 5.91. The van der Waals surface area contributed by atoms with Gasteiger partial charge < -0.3 is 9.30 Å². The van der Waals surface area contributed by atoms with E-state index in [4.69, 9.17) is 9.72 Å². The Morgan fingerprint density at radius 3 is 2.12 bits per heavy atom. The summed E-state index contributed by atoms with van der Waals surface area (Å²) in [6.07, 6.45) is 2.01. The van der Waals surface area contributed by atoms with Gasteiger partial charge in [-0.1, -0.05) is 78.9 Å². The van der Waals surface area contributed by atoms with Crippen LogP contribution in [0.5, 0.6) is 5.75 Å². The molecule has 0 saturated carbocycles. The number of imidazole rings is 1. The molecule has 0 N–H and O–H groups in total. The van der Waals surface area contributed by atoms with Crippen LogP contribution in [-0.2, 0) is 6.54 Å². The van der Waals surface area contributed by atoms with Crippen molar-refractivity contribution >= 4 is 22.8 Å². The van der Waals surface area contributed by atoms with Gasteiger partial charge in [-0.25, -0.2) is 4.98 Å². The van der Waals surface area contributed by atoms with E-state index >= 15 is 0 Å². The van der Waals surface area contributed by atoms with Gasteiger partial charge in [-0.05, 0) is 54.8 Å². The molecule has 170 valence electrons. The Morgan fingerprint density at radius 1 is 0.706 bits per heavy atom. The largest absolute Gasteiger partial charge is 0.494 e. The summed E-state index contributed by atoms with van der Waals surface area (Å²) >= 11 is 1.86. The quantitative estimate of drug-likeness (QED) is 0.156. The number of hydrogen-bond donors (Lipinski definition) is 0. The smallest absolute Gasteiger partial charge is 0.127 e. The first-order chi connectivity index (χ1) is 16.9. The fraction of sp³-hybridized carbons (Fsp3) is 0.167. The maximum Gasteiger partial charge on any atom is 0.127 e. The highest BCUT2D eigenvalue weighted by Crippen LogP contribution is 2.41. The predicted molar refractivity (Wildman–Crippen MR) is 141 cm³/mol. The van der Waals surface area contributed by atoms with E-state index in [-0.39, 0.29) is 5.25 Å². The van der Waals surface area contributed by atoms with Crippen molar-refractivity contribution in [1.82, 2.24) is 9.55 Å². The van der Waals surface area contributed by atoms with E-state index in [0.717, 1.165) is 36.5 Å². The number of ether oxygens (including phenoxy) is 1. The number of aryl methyl sites for hydroxylation is 1. The summed E-state index contributed by atoms with van der Waals surface area (Å²) in [6.45, 7) is 1.62. The zero-order chi connectivity index (χ0) is 23.0. The number of unbranched alkanes of at least 4 members (excludes halogenated alkanes) is 1. The molecule has 3 nitrogen and oxygen atoms in total. The summed E-state index contributed by atoms with van der Waals surface area (Å²) in [6, 6.07) is 39.8. The molecule has 0 spiro atoms. The lowest BCUT2D eigenvalue weighted by atomic mass is 10.1. The first-order valence-corrected chi connectivity index (χ1v) is 12.7. The summed E-state index contributed by atoms with van der Waals surface area (Å²) in [5, 5.41) is 0.108. The summed E-state index contributed by atoms with van der Waals surface area (Å²) in [5.74, 6) is 2.03. The second-order valence-electron chi connectivity index (χ2n) is 8.20. The minimum absolute atomic E-state index is 0.108. The Bertz CT molecular complexity index is 1300. The van der Waals surface area contributed by atoms with Crippen molar-refractivity contribution < 1.29 is 4.74 Å². The van der Waals surface area contributed by atoms with Gasteiger partial charge in [0.15, 0.2) is 0 Å². The number of benzene rings is 4. The molecule has 0 radical (unpaired) electrons. The first-order valence-electron chi connectivity index (χ1n) is 11.8. The van der Waals surface area contributed by atoms with Crippen molar-refractivity contribution in [2.75, 3.05) is 6.61 Å². The van der Waals surface area contributed by atoms with Crippen molar-refractivity contribution in [2.24, 2.45) is 0 Å². The zero-order valence-corrected chi connectivity index (χ0v) is 19.9. The van der Waals surface area contributed by atoms with E-state index in [1.54, 1.807) is 0 Å². The van der Waals surface area contributed by atoms with Crippen LogP contribution in [0.1, 0.15) is 29.5 Å². The highest BCUT2D eigenvalue weighted by molar-refractivity contribution is 7.99. The molecule has 0 fully saturated rings. The Balaban J connectivity index is 1.41. The number of hydrogen-bond acceptors (Lipinski definition) is 3. The van der Waals surface area contributed by atoms with Crippen molar-refractivity contribution in [3.8, 4) is 5.75 Å². The van der Waals surface area contributed by atoms with Crippen molar-refractivity contribution in [1.29, 1.82) is 0 Å². The van der Waals surface area contributed by atoms with E-state index in [9.17, 15) is 0 Å². The molecule has 1 aromatic heterocycles. The van der Waals surface area contributed by atoms with Gasteiger partial charge >= 0.3 is 0 Å². The lowest BCUT2D eigenvalue weighted by molar-refractivity contribution is 0.303. The average Bonchev–Trinajstić information content (AvgIpc) is 3.27. The molecule has 0 bridgehead atoms. The van der Waals surface area contributed by atoms with Gasteiger partial charge in [0, 0.05) is 11.4 Å². The summed E-state index contributed by atoms with van der Waals surface area (Å²) in [7, 11) is 0. The minimum atomic E-state index is 0.108. The standard InChI is InChI=1S/C30H28N2OS/c1-4-14-24(15-5-1)29(34-26-18-8-3-9-19-26)30-31-27-20-10-11-21-28(27)32(30)22-12-13-23-33-25-16-6-2-7-17-25/h1-11,14-21,29H,12-13,22-23H2. The minimum Gasteiger partial charge on any atom is -0.494 e. The number of para-hydroxylation sites is 3. The molecule has 0 aliphatic carbocycles. The van der Waals surface area contributed by atoms with E-state index in [0.29, 0.717) is 6.61 Å². The molecule has 4 heteroatoms. The number of fused-ring (bicyclic) bond motifs is 1. The summed E-state index contributed by atoms with van der Waals surface area (Å²) < 4.78 is 8.32. The van der Waals surface area contributed by atoms with E-state index in [1.807, 2.05) is 42.1 Å². The maximum absolute atomic E-state index is 5.91. The van der Waals surface area contributed by atoms with Crippen molar-refractivity contribution in [3.63, 3.8) is 0 Å². The highest BCUT2D eigenvalue weighted by Gasteiger charge is 2.23. The van der Waals surface area contributed by atoms with Crippen LogP contribution < -0.4 is 4.74 Å². The Kier molecular flexibility index (Phi) is 7.27. The number of thioether (sulfide) groups is 1. The zero-order valence-electron chi connectivity index (χ0n) is 19.1. The molecule has 5 rings (SSSR count). The van der Waals surface area contributed by atoms with Gasteiger partial charge in [0.05, 0.1) is 22.9 Å². The van der Waals surface area contributed by atoms with Crippen LogP contribution in [0.3, 0.4) is 0 Å². The third-order valence-corrected chi connectivity index (χ3v) is 7.07. The number of aromatic nitrogens is 2. The summed E-state index contributed by atoms with van der Waals surface area (Å²) in [5.41, 5.74) is 3.50. The molecule has 4 aromatic carbocycles. The monoisotopic (exact) mass is 464 g/mol. The predicted octanol–water partition coefficient (Wildman–Crippen LogP) is 7.78. The molecule has 1 heterocycles. The van der Waals surface area contributed by atoms with Gasteiger partial charge in [-0.3, -0.25) is 0 Å². The Morgan fingerprint density at radius 2 is 1.35 bits per heavy atom. The molecule has 0 aliphatic rings. The van der Waals surface area contributed by atoms with Crippen LogP contribution >= 0.6 is 11.8 Å². The fourth-order valence-corrected chi connectivity index (χ4v) is 5.31. The molecule has 34 heavy (non-hydrogen) atoms. The molecule has 0 saturated heterocycles. The van der Waals surface area contributed by atoms with Crippen LogP contribution in [0.2, 0.25) is 0 Å². The molecular formula is C30H28N2OS. The van der Waals surface area contributed by atoms with Crippen LogP contribution in [0.4, 0.5) is 0 Å². The number of nitrogens with zero attached hydrogens (tertiary/aromatic N) is 2. The average molecular weight is 465 g/mol. The van der Waals surface area contributed by atoms with Gasteiger partial charge in [0.1, 0.15) is 11.6 Å². The van der Waals surface area contributed by atoms with Crippen molar-refractivity contribution in [2.45, 2.75) is 29.5 Å². The lowest BCUT2D eigenvalue weighted by Crippen LogP contribution is -2.10. The molecule has 0 aliphatic heterocycles. The van der Waals surface area contributed by atoms with Crippen LogP contribution in [0.15, 0.2) is 120 Å². The fourth-order valence-electron chi connectivity index (χ4n) is 4.14. The SMILES string of the molecule is c1ccc(OCCCCn2c(C(Sc3ccccc3)c3ccccc3)nc3ccccc32)cc1. The van der Waals surface area contributed by atoms with Crippen LogP contribution in [0.25, 0.3) is 11.0 Å². The van der Waals surface area contributed by atoms with Gasteiger partial charge in [-0.15, -0.1) is 11.8 Å². The van der Waals surface area contributed by atoms with E-state index < -0.39 is 0 Å². The molecule has 0 amide bonds. The number of rotatable bonds is 10. The second kappa shape index (κ2) is 11.1. The molecule has 1 unspecified atom stereocenters. The van der Waals surface area contributed by atoms with Gasteiger partial charge in [0.2, 0.25) is 0 Å².